The van der Waals surface area contributed by atoms with Crippen LogP contribution in [-0.2, 0) is 9.53 Å². The van der Waals surface area contributed by atoms with Gasteiger partial charge >= 0.3 is 0 Å². The first-order chi connectivity index (χ1) is 13.1. The van der Waals surface area contributed by atoms with Crippen molar-refractivity contribution in [3.8, 4) is 0 Å². The summed E-state index contributed by atoms with van der Waals surface area (Å²) < 4.78 is 6.47. The second-order valence-corrected chi connectivity index (χ2v) is 8.94. The molecule has 0 N–H and O–H groups in total. The van der Waals surface area contributed by atoms with E-state index in [0.717, 1.165) is 91.0 Å². The molecular formula is C20H26ClN3O2S. The van der Waals surface area contributed by atoms with E-state index in [-0.39, 0.29) is 11.8 Å². The minimum atomic E-state index is 0.171. The summed E-state index contributed by atoms with van der Waals surface area (Å²) in [5, 5.41) is 1.54. The van der Waals surface area contributed by atoms with E-state index in [1.165, 1.54) is 0 Å². The number of benzene rings is 1. The fourth-order valence-corrected chi connectivity index (χ4v) is 5.16. The standard InChI is InChI=1S/C20H26ClN3O2S/c1-14-12-16(21)13-17-18(14)22-20(27-17)24(19(25)15-4-2-5-15)7-3-6-23-8-10-26-11-9-23/h12-13,15H,2-11H2,1H3. The van der Waals surface area contributed by atoms with Gasteiger partial charge in [-0.1, -0.05) is 29.4 Å². The van der Waals surface area contributed by atoms with Gasteiger partial charge < -0.3 is 4.74 Å². The molecule has 0 radical (unpaired) electrons. The summed E-state index contributed by atoms with van der Waals surface area (Å²) in [6.45, 7) is 7.32. The molecule has 0 unspecified atom stereocenters. The van der Waals surface area contributed by atoms with E-state index in [1.807, 2.05) is 24.0 Å². The second kappa shape index (κ2) is 8.43. The predicted octanol–water partition coefficient (Wildman–Crippen LogP) is 4.11. The van der Waals surface area contributed by atoms with Gasteiger partial charge in [-0.15, -0.1) is 0 Å². The number of carbonyl (C=O) groups is 1. The highest BCUT2D eigenvalue weighted by atomic mass is 35.5. The van der Waals surface area contributed by atoms with E-state index in [1.54, 1.807) is 11.3 Å². The maximum atomic E-state index is 13.1. The molecular weight excluding hydrogens is 382 g/mol. The molecule has 2 heterocycles. The highest BCUT2D eigenvalue weighted by Gasteiger charge is 2.31. The van der Waals surface area contributed by atoms with Crippen LogP contribution in [0.15, 0.2) is 12.1 Å². The first-order valence-electron chi connectivity index (χ1n) is 9.80. The van der Waals surface area contributed by atoms with Crippen molar-refractivity contribution in [2.45, 2.75) is 32.6 Å². The number of thiazole rings is 1. The van der Waals surface area contributed by atoms with E-state index < -0.39 is 0 Å². The number of hydrogen-bond donors (Lipinski definition) is 0. The quantitative estimate of drug-likeness (QED) is 0.722. The third-order valence-electron chi connectivity index (χ3n) is 5.55. The van der Waals surface area contributed by atoms with E-state index in [2.05, 4.69) is 4.90 Å². The van der Waals surface area contributed by atoms with Crippen LogP contribution in [0.5, 0.6) is 0 Å². The molecule has 0 atom stereocenters. The molecule has 7 heteroatoms. The monoisotopic (exact) mass is 407 g/mol. The van der Waals surface area contributed by atoms with Gasteiger partial charge in [-0.3, -0.25) is 14.6 Å². The minimum absolute atomic E-state index is 0.171. The van der Waals surface area contributed by atoms with Crippen LogP contribution in [0, 0.1) is 12.8 Å². The average Bonchev–Trinajstić information content (AvgIpc) is 3.02. The van der Waals surface area contributed by atoms with E-state index in [0.29, 0.717) is 0 Å². The van der Waals surface area contributed by atoms with Crippen LogP contribution in [0.25, 0.3) is 10.2 Å². The van der Waals surface area contributed by atoms with Crippen molar-refractivity contribution >= 4 is 44.2 Å². The number of anilines is 1. The normalized spacial score (nSPS) is 18.6. The summed E-state index contributed by atoms with van der Waals surface area (Å²) >= 11 is 7.79. The Balaban J connectivity index is 1.52. The van der Waals surface area contributed by atoms with Gasteiger partial charge in [0.15, 0.2) is 5.13 Å². The van der Waals surface area contributed by atoms with Gasteiger partial charge in [0.1, 0.15) is 0 Å². The van der Waals surface area contributed by atoms with E-state index in [4.69, 9.17) is 21.3 Å². The fourth-order valence-electron chi connectivity index (χ4n) is 3.71. The van der Waals surface area contributed by atoms with Crippen molar-refractivity contribution in [3.63, 3.8) is 0 Å². The van der Waals surface area contributed by atoms with Gasteiger partial charge in [-0.25, -0.2) is 4.98 Å². The number of halogens is 1. The van der Waals surface area contributed by atoms with Crippen LogP contribution in [0.2, 0.25) is 5.02 Å². The number of nitrogens with zero attached hydrogens (tertiary/aromatic N) is 3. The summed E-state index contributed by atoms with van der Waals surface area (Å²) in [4.78, 5) is 22.2. The molecule has 1 saturated carbocycles. The number of carbonyl (C=O) groups excluding carboxylic acids is 1. The molecule has 2 aliphatic rings. The third kappa shape index (κ3) is 4.29. The zero-order valence-corrected chi connectivity index (χ0v) is 17.3. The number of aryl methyl sites for hydroxylation is 1. The van der Waals surface area contributed by atoms with Crippen molar-refractivity contribution in [3.05, 3.63) is 22.7 Å². The molecule has 27 heavy (non-hydrogen) atoms. The molecule has 0 bridgehead atoms. The number of fused-ring (bicyclic) bond motifs is 1. The fraction of sp³-hybridized carbons (Fsp3) is 0.600. The Labute approximate surface area is 169 Å². The Bertz CT molecular complexity index is 815. The second-order valence-electron chi connectivity index (χ2n) is 7.49. The first-order valence-corrected chi connectivity index (χ1v) is 11.0. The Morgan fingerprint density at radius 3 is 2.85 bits per heavy atom. The number of amides is 1. The number of ether oxygens (including phenoxy) is 1. The highest BCUT2D eigenvalue weighted by Crippen LogP contribution is 2.36. The van der Waals surface area contributed by atoms with Crippen molar-refractivity contribution in [1.29, 1.82) is 0 Å². The van der Waals surface area contributed by atoms with Crippen molar-refractivity contribution in [2.75, 3.05) is 44.3 Å². The van der Waals surface area contributed by atoms with Crippen LogP contribution in [-0.4, -0.2) is 55.2 Å². The third-order valence-corrected chi connectivity index (χ3v) is 6.79. The lowest BCUT2D eigenvalue weighted by molar-refractivity contribution is -0.124. The van der Waals surface area contributed by atoms with Crippen molar-refractivity contribution in [1.82, 2.24) is 9.88 Å². The van der Waals surface area contributed by atoms with Gasteiger partial charge in [-0.2, -0.15) is 0 Å². The summed E-state index contributed by atoms with van der Waals surface area (Å²) in [6.07, 6.45) is 4.13. The van der Waals surface area contributed by atoms with Crippen LogP contribution in [0.4, 0.5) is 5.13 Å². The molecule has 1 aromatic carbocycles. The van der Waals surface area contributed by atoms with Gasteiger partial charge in [-0.05, 0) is 43.9 Å². The first kappa shape index (κ1) is 19.1. The smallest absolute Gasteiger partial charge is 0.231 e. The lowest BCUT2D eigenvalue weighted by Crippen LogP contribution is -2.42. The van der Waals surface area contributed by atoms with Crippen LogP contribution < -0.4 is 4.90 Å². The topological polar surface area (TPSA) is 45.7 Å². The van der Waals surface area contributed by atoms with Gasteiger partial charge in [0.25, 0.3) is 0 Å². The Hall–Kier alpha value is -1.21. The Morgan fingerprint density at radius 1 is 1.37 bits per heavy atom. The highest BCUT2D eigenvalue weighted by molar-refractivity contribution is 7.22. The number of rotatable bonds is 6. The summed E-state index contributed by atoms with van der Waals surface area (Å²) in [6, 6.07) is 3.88. The van der Waals surface area contributed by atoms with E-state index in [9.17, 15) is 4.79 Å². The number of aromatic nitrogens is 1. The Kier molecular flexibility index (Phi) is 5.97. The lowest BCUT2D eigenvalue weighted by Gasteiger charge is -2.31. The zero-order valence-electron chi connectivity index (χ0n) is 15.7. The maximum Gasteiger partial charge on any atom is 0.231 e. The van der Waals surface area contributed by atoms with Crippen molar-refractivity contribution < 1.29 is 9.53 Å². The molecule has 4 rings (SSSR count). The molecule has 1 aromatic heterocycles. The van der Waals surface area contributed by atoms with Gasteiger partial charge in [0, 0.05) is 37.1 Å². The molecule has 2 fully saturated rings. The molecule has 0 spiro atoms. The van der Waals surface area contributed by atoms with Crippen LogP contribution in [0.3, 0.4) is 0 Å². The summed E-state index contributed by atoms with van der Waals surface area (Å²) in [7, 11) is 0. The number of hydrogen-bond acceptors (Lipinski definition) is 5. The maximum absolute atomic E-state index is 13.1. The zero-order chi connectivity index (χ0) is 18.8. The SMILES string of the molecule is Cc1cc(Cl)cc2sc(N(CCCN3CCOCC3)C(=O)C3CCC3)nc12. The molecule has 1 saturated heterocycles. The predicted molar refractivity (Wildman–Crippen MR) is 111 cm³/mol. The minimum Gasteiger partial charge on any atom is -0.379 e. The molecule has 1 aliphatic carbocycles. The van der Waals surface area contributed by atoms with Crippen LogP contribution >= 0.6 is 22.9 Å². The molecule has 1 aliphatic heterocycles. The largest absolute Gasteiger partial charge is 0.379 e. The molecule has 1 amide bonds. The summed E-state index contributed by atoms with van der Waals surface area (Å²) in [5.74, 6) is 0.413. The Morgan fingerprint density at radius 2 is 2.15 bits per heavy atom. The molecule has 146 valence electrons. The van der Waals surface area contributed by atoms with Crippen LogP contribution in [0.1, 0.15) is 31.2 Å². The lowest BCUT2D eigenvalue weighted by atomic mass is 9.84. The van der Waals surface area contributed by atoms with E-state index >= 15 is 0 Å². The number of morpholine rings is 1. The average molecular weight is 408 g/mol. The van der Waals surface area contributed by atoms with Gasteiger partial charge in [0.2, 0.25) is 5.91 Å². The summed E-state index contributed by atoms with van der Waals surface area (Å²) in [5.41, 5.74) is 2.02. The van der Waals surface area contributed by atoms with Gasteiger partial charge in [0.05, 0.1) is 23.4 Å². The molecule has 5 nitrogen and oxygen atoms in total. The van der Waals surface area contributed by atoms with Crippen molar-refractivity contribution in [2.24, 2.45) is 5.92 Å². The molecule has 2 aromatic rings.